The third-order valence-electron chi connectivity index (χ3n) is 5.91. The van der Waals surface area contributed by atoms with Crippen molar-refractivity contribution >= 4 is 22.6 Å². The highest BCUT2D eigenvalue weighted by Crippen LogP contribution is 2.24. The largest absolute Gasteiger partial charge is 0.480 e. The minimum atomic E-state index is 0.0634. The summed E-state index contributed by atoms with van der Waals surface area (Å²) in [4.78, 5) is 26.3. The minimum Gasteiger partial charge on any atom is -0.480 e. The number of rotatable bonds is 5. The first-order valence-corrected chi connectivity index (χ1v) is 10.8. The number of para-hydroxylation sites is 1. The van der Waals surface area contributed by atoms with Crippen molar-refractivity contribution in [3.63, 3.8) is 0 Å². The monoisotopic (exact) mass is 427 g/mol. The van der Waals surface area contributed by atoms with E-state index in [1.54, 1.807) is 19.5 Å². The maximum absolute atomic E-state index is 13.6. The highest BCUT2D eigenvalue weighted by molar-refractivity contribution is 5.99. The third kappa shape index (κ3) is 3.89. The van der Waals surface area contributed by atoms with E-state index in [1.165, 1.54) is 5.56 Å². The van der Waals surface area contributed by atoms with Crippen molar-refractivity contribution in [1.82, 2.24) is 19.4 Å². The van der Waals surface area contributed by atoms with Gasteiger partial charge < -0.3 is 19.1 Å². The molecule has 0 atom stereocenters. The second-order valence-electron chi connectivity index (χ2n) is 7.86. The van der Waals surface area contributed by atoms with E-state index in [0.29, 0.717) is 38.6 Å². The van der Waals surface area contributed by atoms with E-state index in [1.807, 2.05) is 41.3 Å². The molecule has 0 spiro atoms. The first-order valence-electron chi connectivity index (χ1n) is 10.8. The molecule has 1 fully saturated rings. The Labute approximate surface area is 186 Å². The number of carbonyl (C=O) groups excluding carboxylic acids is 1. The molecular formula is C25H25N5O2. The van der Waals surface area contributed by atoms with Gasteiger partial charge in [-0.3, -0.25) is 9.78 Å². The van der Waals surface area contributed by atoms with Gasteiger partial charge in [0.15, 0.2) is 5.82 Å². The molecule has 5 rings (SSSR count). The van der Waals surface area contributed by atoms with E-state index in [0.717, 1.165) is 22.4 Å². The highest BCUT2D eigenvalue weighted by Gasteiger charge is 2.26. The van der Waals surface area contributed by atoms with Gasteiger partial charge in [0.2, 0.25) is 5.88 Å². The lowest BCUT2D eigenvalue weighted by molar-refractivity contribution is 0.0736. The Hall–Kier alpha value is -3.87. The van der Waals surface area contributed by atoms with Gasteiger partial charge in [-0.05, 0) is 17.7 Å². The highest BCUT2D eigenvalue weighted by atomic mass is 16.5. The number of ether oxygens (including phenoxy) is 1. The lowest BCUT2D eigenvalue weighted by Gasteiger charge is -2.35. The zero-order valence-electron chi connectivity index (χ0n) is 18.0. The summed E-state index contributed by atoms with van der Waals surface area (Å²) in [5.74, 6) is 1.33. The molecule has 0 bridgehead atoms. The average molecular weight is 428 g/mol. The van der Waals surface area contributed by atoms with Gasteiger partial charge in [0.25, 0.3) is 5.91 Å². The number of fused-ring (bicyclic) bond motifs is 1. The van der Waals surface area contributed by atoms with Crippen LogP contribution in [0.3, 0.4) is 0 Å². The predicted molar refractivity (Wildman–Crippen MR) is 124 cm³/mol. The Kier molecular flexibility index (Phi) is 5.46. The molecule has 7 heteroatoms. The van der Waals surface area contributed by atoms with Crippen LogP contribution in [0.1, 0.15) is 16.1 Å². The number of carbonyl (C=O) groups is 1. The molecule has 0 radical (unpaired) electrons. The van der Waals surface area contributed by atoms with Crippen molar-refractivity contribution in [2.24, 2.45) is 0 Å². The number of amides is 1. The fourth-order valence-electron chi connectivity index (χ4n) is 4.21. The minimum absolute atomic E-state index is 0.0634. The van der Waals surface area contributed by atoms with Crippen LogP contribution in [0, 0.1) is 0 Å². The number of anilines is 1. The fraction of sp³-hybridized carbons (Fsp3) is 0.240. The summed E-state index contributed by atoms with van der Waals surface area (Å²) in [6, 6.07) is 20.4. The van der Waals surface area contributed by atoms with Crippen LogP contribution in [0.15, 0.2) is 73.1 Å². The quantitative estimate of drug-likeness (QED) is 0.488. The summed E-state index contributed by atoms with van der Waals surface area (Å²) in [7, 11) is 1.58. The van der Waals surface area contributed by atoms with E-state index < -0.39 is 0 Å². The molecule has 7 nitrogen and oxygen atoms in total. The van der Waals surface area contributed by atoms with Crippen molar-refractivity contribution in [3.8, 4) is 5.88 Å². The van der Waals surface area contributed by atoms with Crippen LogP contribution in [-0.2, 0) is 6.54 Å². The van der Waals surface area contributed by atoms with Gasteiger partial charge in [-0.25, -0.2) is 0 Å². The van der Waals surface area contributed by atoms with Crippen LogP contribution in [0.2, 0.25) is 0 Å². The second kappa shape index (κ2) is 8.70. The Bertz CT molecular complexity index is 1230. The summed E-state index contributed by atoms with van der Waals surface area (Å²) >= 11 is 0. The number of hydrogen-bond donors (Lipinski definition) is 0. The van der Waals surface area contributed by atoms with Crippen LogP contribution < -0.4 is 9.64 Å². The molecule has 162 valence electrons. The van der Waals surface area contributed by atoms with E-state index >= 15 is 0 Å². The van der Waals surface area contributed by atoms with E-state index in [-0.39, 0.29) is 5.91 Å². The molecule has 4 aromatic rings. The molecule has 32 heavy (non-hydrogen) atoms. The first kappa shape index (κ1) is 20.1. The summed E-state index contributed by atoms with van der Waals surface area (Å²) < 4.78 is 7.32. The van der Waals surface area contributed by atoms with E-state index in [4.69, 9.17) is 4.74 Å². The smallest absolute Gasteiger partial charge is 0.270 e. The van der Waals surface area contributed by atoms with Crippen molar-refractivity contribution < 1.29 is 9.53 Å². The molecule has 1 amide bonds. The normalized spacial score (nSPS) is 14.0. The summed E-state index contributed by atoms with van der Waals surface area (Å²) in [6.07, 6.45) is 3.33. The molecule has 0 unspecified atom stereocenters. The SMILES string of the molecule is COc1cncc(N2CCN(C(=O)c3cc4ccccc4n3Cc3ccccc3)CC2)n1. The van der Waals surface area contributed by atoms with Gasteiger partial charge in [0, 0.05) is 43.6 Å². The van der Waals surface area contributed by atoms with Crippen LogP contribution in [0.25, 0.3) is 10.9 Å². The van der Waals surface area contributed by atoms with Gasteiger partial charge in [-0.15, -0.1) is 0 Å². The topological polar surface area (TPSA) is 63.5 Å². The van der Waals surface area contributed by atoms with Crippen molar-refractivity contribution in [2.75, 3.05) is 38.2 Å². The van der Waals surface area contributed by atoms with Crippen LogP contribution >= 0.6 is 0 Å². The second-order valence-corrected chi connectivity index (χ2v) is 7.86. The Morgan fingerprint density at radius 3 is 2.50 bits per heavy atom. The number of methoxy groups -OCH3 is 1. The standard InChI is InChI=1S/C25H25N5O2/c1-32-24-17-26-16-23(27-24)28-11-13-29(14-12-28)25(31)22-15-20-9-5-6-10-21(20)30(22)18-19-7-3-2-4-8-19/h2-10,15-17H,11-14,18H2,1H3. The number of benzene rings is 2. The summed E-state index contributed by atoms with van der Waals surface area (Å²) in [5, 5.41) is 1.08. The number of piperazine rings is 1. The molecule has 0 N–H and O–H groups in total. The van der Waals surface area contributed by atoms with Crippen molar-refractivity contribution in [3.05, 3.63) is 84.3 Å². The number of hydrogen-bond acceptors (Lipinski definition) is 5. The van der Waals surface area contributed by atoms with Crippen LogP contribution in [0.5, 0.6) is 5.88 Å². The Morgan fingerprint density at radius 1 is 0.969 bits per heavy atom. The number of nitrogens with zero attached hydrogens (tertiary/aromatic N) is 5. The average Bonchev–Trinajstić information content (AvgIpc) is 3.22. The lowest BCUT2D eigenvalue weighted by Crippen LogP contribution is -2.49. The molecule has 1 aliphatic heterocycles. The maximum atomic E-state index is 13.6. The van der Waals surface area contributed by atoms with Crippen LogP contribution in [-0.4, -0.2) is 58.6 Å². The van der Waals surface area contributed by atoms with E-state index in [9.17, 15) is 4.79 Å². The molecule has 3 heterocycles. The Morgan fingerprint density at radius 2 is 1.72 bits per heavy atom. The predicted octanol–water partition coefficient (Wildman–Crippen LogP) is 3.45. The van der Waals surface area contributed by atoms with Crippen molar-refractivity contribution in [2.45, 2.75) is 6.54 Å². The van der Waals surface area contributed by atoms with Crippen molar-refractivity contribution in [1.29, 1.82) is 0 Å². The van der Waals surface area contributed by atoms with E-state index in [2.05, 4.69) is 43.7 Å². The molecule has 1 aliphatic rings. The molecule has 0 saturated carbocycles. The van der Waals surface area contributed by atoms with Gasteiger partial charge in [-0.1, -0.05) is 48.5 Å². The maximum Gasteiger partial charge on any atom is 0.270 e. The number of aromatic nitrogens is 3. The third-order valence-corrected chi connectivity index (χ3v) is 5.91. The van der Waals surface area contributed by atoms with Gasteiger partial charge in [0.05, 0.1) is 19.5 Å². The first-order chi connectivity index (χ1) is 15.7. The Balaban J connectivity index is 1.38. The fourth-order valence-corrected chi connectivity index (χ4v) is 4.21. The van der Waals surface area contributed by atoms with Gasteiger partial charge in [-0.2, -0.15) is 4.98 Å². The zero-order chi connectivity index (χ0) is 21.9. The summed E-state index contributed by atoms with van der Waals surface area (Å²) in [5.41, 5.74) is 2.97. The van der Waals surface area contributed by atoms with Crippen LogP contribution in [0.4, 0.5) is 5.82 Å². The molecule has 1 saturated heterocycles. The zero-order valence-corrected chi connectivity index (χ0v) is 18.0. The van der Waals surface area contributed by atoms with Gasteiger partial charge in [0.1, 0.15) is 5.69 Å². The van der Waals surface area contributed by atoms with Gasteiger partial charge >= 0.3 is 0 Å². The lowest BCUT2D eigenvalue weighted by atomic mass is 10.2. The molecular weight excluding hydrogens is 402 g/mol. The molecule has 0 aliphatic carbocycles. The summed E-state index contributed by atoms with van der Waals surface area (Å²) in [6.45, 7) is 3.32. The molecule has 2 aromatic carbocycles. The molecule has 2 aromatic heterocycles.